The monoisotopic (exact) mass is 559 g/mol. The van der Waals surface area contributed by atoms with Crippen LogP contribution in [0.3, 0.4) is 0 Å². The van der Waals surface area contributed by atoms with Gasteiger partial charge in [-0.1, -0.05) is 51.1 Å². The summed E-state index contributed by atoms with van der Waals surface area (Å²) in [7, 11) is -3.37. The topological polar surface area (TPSA) is 175 Å². The Morgan fingerprint density at radius 2 is 1.82 bits per heavy atom. The molecule has 0 bridgehead atoms. The Bertz CT molecular complexity index is 1490. The van der Waals surface area contributed by atoms with Crippen molar-refractivity contribution in [1.29, 1.82) is 4.78 Å². The molecule has 0 amide bonds. The Balaban J connectivity index is 2.09. The molecular formula is C26H37N7O5S. The Morgan fingerprint density at radius 1 is 1.15 bits per heavy atom. The van der Waals surface area contributed by atoms with Gasteiger partial charge in [-0.15, -0.1) is 0 Å². The predicted octanol–water partition coefficient (Wildman–Crippen LogP) is 2.64. The number of nitrogens with two attached hydrogens (primary N) is 1. The number of nitrogen functional groups attached to an aromatic ring is 1. The molecule has 13 heteroatoms. The average Bonchev–Trinajstić information content (AvgIpc) is 3.13. The largest absolute Gasteiger partial charge is 0.462 e. The van der Waals surface area contributed by atoms with Crippen molar-refractivity contribution in [3.05, 3.63) is 46.4 Å². The summed E-state index contributed by atoms with van der Waals surface area (Å²) in [6.07, 6.45) is 0.560. The van der Waals surface area contributed by atoms with Crippen LogP contribution in [0.4, 0.5) is 5.82 Å². The maximum absolute atomic E-state index is 13.6. The summed E-state index contributed by atoms with van der Waals surface area (Å²) in [4.78, 5) is 48.1. The molecule has 0 aliphatic heterocycles. The van der Waals surface area contributed by atoms with Crippen molar-refractivity contribution in [2.24, 2.45) is 5.92 Å². The Hall–Kier alpha value is -3.58. The highest BCUT2D eigenvalue weighted by Crippen LogP contribution is 2.21. The van der Waals surface area contributed by atoms with Gasteiger partial charge >= 0.3 is 11.7 Å². The number of hydrogen-bond donors (Lipinski definition) is 3. The van der Waals surface area contributed by atoms with Gasteiger partial charge in [0.25, 0.3) is 0 Å². The van der Waals surface area contributed by atoms with Crippen molar-refractivity contribution < 1.29 is 18.5 Å². The number of carbonyl (C=O) groups excluding carboxylic acids is 2. The molecule has 2 heterocycles. The first-order valence-corrected chi connectivity index (χ1v) is 14.6. The molecule has 39 heavy (non-hydrogen) atoms. The zero-order valence-electron chi connectivity index (χ0n) is 23.0. The molecular weight excluding hydrogens is 522 g/mol. The lowest BCUT2D eigenvalue weighted by Crippen LogP contribution is -2.44. The maximum atomic E-state index is 13.6. The number of aromatic nitrogens is 4. The molecule has 3 rings (SSSR count). The lowest BCUT2D eigenvalue weighted by atomic mass is 10.0. The van der Waals surface area contributed by atoms with E-state index in [-0.39, 0.29) is 53.0 Å². The molecule has 0 fully saturated rings. The van der Waals surface area contributed by atoms with Gasteiger partial charge in [-0.3, -0.25) is 19.5 Å². The summed E-state index contributed by atoms with van der Waals surface area (Å²) in [5, 5.41) is 2.64. The predicted molar refractivity (Wildman–Crippen MR) is 149 cm³/mol. The first-order valence-electron chi connectivity index (χ1n) is 12.9. The van der Waals surface area contributed by atoms with Crippen LogP contribution in [0.1, 0.15) is 57.8 Å². The van der Waals surface area contributed by atoms with E-state index in [9.17, 15) is 18.6 Å². The lowest BCUT2D eigenvalue weighted by molar-refractivity contribution is -0.150. The van der Waals surface area contributed by atoms with Gasteiger partial charge in [0.15, 0.2) is 11.5 Å². The maximum Gasteiger partial charge on any atom is 0.337 e. The third-order valence-electron chi connectivity index (χ3n) is 5.84. The van der Waals surface area contributed by atoms with Crippen LogP contribution in [0.25, 0.3) is 11.2 Å². The second kappa shape index (κ2) is 12.5. The van der Waals surface area contributed by atoms with E-state index >= 15 is 0 Å². The molecule has 12 nitrogen and oxygen atoms in total. The van der Waals surface area contributed by atoms with Crippen molar-refractivity contribution in [3.8, 4) is 0 Å². The van der Waals surface area contributed by atoms with Gasteiger partial charge in [0, 0.05) is 5.75 Å². The molecule has 0 radical (unpaired) electrons. The number of fused-ring (bicyclic) bond motifs is 1. The molecule has 0 spiro atoms. The summed E-state index contributed by atoms with van der Waals surface area (Å²) >= 11 is 0. The van der Waals surface area contributed by atoms with E-state index in [2.05, 4.69) is 15.3 Å². The van der Waals surface area contributed by atoms with Crippen LogP contribution in [-0.2, 0) is 25.8 Å². The second-order valence-corrected chi connectivity index (χ2v) is 12.2. The summed E-state index contributed by atoms with van der Waals surface area (Å²) in [6.45, 7) is 8.85. The van der Waals surface area contributed by atoms with Crippen molar-refractivity contribution in [3.63, 3.8) is 0 Å². The Kier molecular flexibility index (Phi) is 9.62. The number of carbonyl (C=O) groups is 2. The molecule has 1 aromatic carbocycles. The minimum atomic E-state index is -3.37. The molecule has 0 saturated heterocycles. The minimum Gasteiger partial charge on any atom is -0.462 e. The Morgan fingerprint density at radius 3 is 2.41 bits per heavy atom. The van der Waals surface area contributed by atoms with Gasteiger partial charge < -0.3 is 10.5 Å². The SMILES string of the molecule is CCCS(=N)(=O)c1nc(N)c2c(n1)n(Cc1ccccc1)c(=O)n2C(=O)CN[C@@H](CC(C)C)C(=O)OC(C)C. The zero-order chi connectivity index (χ0) is 28.9. The molecule has 4 N–H and O–H groups in total. The minimum absolute atomic E-state index is 0.00808. The number of ether oxygens (including phenoxy) is 1. The summed E-state index contributed by atoms with van der Waals surface area (Å²) in [6, 6.07) is 8.32. The number of esters is 1. The average molecular weight is 560 g/mol. The molecule has 0 saturated carbocycles. The number of nitrogens with one attached hydrogen (secondary N) is 2. The fourth-order valence-corrected chi connectivity index (χ4v) is 5.39. The van der Waals surface area contributed by atoms with Crippen LogP contribution in [0.2, 0.25) is 0 Å². The molecule has 1 unspecified atom stereocenters. The highest BCUT2D eigenvalue weighted by atomic mass is 32.2. The third kappa shape index (κ3) is 7.09. The molecule has 212 valence electrons. The van der Waals surface area contributed by atoms with E-state index in [1.807, 2.05) is 44.2 Å². The van der Waals surface area contributed by atoms with Gasteiger partial charge in [-0.2, -0.15) is 4.98 Å². The van der Waals surface area contributed by atoms with Crippen LogP contribution < -0.4 is 16.7 Å². The number of anilines is 1. The fraction of sp³-hybridized carbons (Fsp3) is 0.500. The normalized spacial score (nSPS) is 14.0. The first kappa shape index (κ1) is 30.0. The number of nitrogens with zero attached hydrogens (tertiary/aromatic N) is 4. The summed E-state index contributed by atoms with van der Waals surface area (Å²) < 4.78 is 28.7. The van der Waals surface area contributed by atoms with Gasteiger partial charge in [-0.05, 0) is 38.2 Å². The molecule has 0 aliphatic rings. The number of imidazole rings is 1. The highest BCUT2D eigenvalue weighted by Gasteiger charge is 2.28. The van der Waals surface area contributed by atoms with E-state index in [1.165, 1.54) is 4.57 Å². The first-order chi connectivity index (χ1) is 18.4. The highest BCUT2D eigenvalue weighted by molar-refractivity contribution is 7.92. The van der Waals surface area contributed by atoms with E-state index in [0.29, 0.717) is 12.8 Å². The van der Waals surface area contributed by atoms with Gasteiger partial charge in [-0.25, -0.2) is 23.3 Å². The number of rotatable bonds is 12. The van der Waals surface area contributed by atoms with Crippen molar-refractivity contribution in [2.45, 2.75) is 71.3 Å². The van der Waals surface area contributed by atoms with E-state index < -0.39 is 33.3 Å². The smallest absolute Gasteiger partial charge is 0.337 e. The van der Waals surface area contributed by atoms with E-state index in [0.717, 1.165) is 10.1 Å². The van der Waals surface area contributed by atoms with Crippen LogP contribution in [0, 0.1) is 10.7 Å². The van der Waals surface area contributed by atoms with E-state index in [1.54, 1.807) is 20.8 Å². The molecule has 2 atom stereocenters. The van der Waals surface area contributed by atoms with Gasteiger partial charge in [0.05, 0.1) is 19.2 Å². The van der Waals surface area contributed by atoms with E-state index in [4.69, 9.17) is 15.3 Å². The van der Waals surface area contributed by atoms with Crippen LogP contribution in [0.15, 0.2) is 40.3 Å². The zero-order valence-corrected chi connectivity index (χ0v) is 23.8. The molecule has 3 aromatic rings. The molecule has 0 aliphatic carbocycles. The van der Waals surface area contributed by atoms with Crippen molar-refractivity contribution >= 4 is 38.6 Å². The van der Waals surface area contributed by atoms with Crippen molar-refractivity contribution in [1.82, 2.24) is 24.4 Å². The van der Waals surface area contributed by atoms with Gasteiger partial charge in [0.1, 0.15) is 21.3 Å². The Labute approximate surface area is 227 Å². The summed E-state index contributed by atoms with van der Waals surface area (Å²) in [5.41, 5.74) is 6.23. The van der Waals surface area contributed by atoms with Crippen LogP contribution in [-0.4, -0.2) is 59.6 Å². The third-order valence-corrected chi connectivity index (χ3v) is 7.59. The lowest BCUT2D eigenvalue weighted by Gasteiger charge is -2.20. The second-order valence-electron chi connectivity index (χ2n) is 10.1. The van der Waals surface area contributed by atoms with Crippen LogP contribution >= 0.6 is 0 Å². The number of benzene rings is 1. The van der Waals surface area contributed by atoms with Gasteiger partial charge in [0.2, 0.25) is 11.1 Å². The van der Waals surface area contributed by atoms with Crippen LogP contribution in [0.5, 0.6) is 0 Å². The fourth-order valence-electron chi connectivity index (χ4n) is 4.15. The molecule has 2 aromatic heterocycles. The summed E-state index contributed by atoms with van der Waals surface area (Å²) in [5.74, 6) is -1.24. The quantitative estimate of drug-likeness (QED) is 0.222. The standard InChI is InChI=1S/C26H37N7O5S/c1-6-12-39(28,37)25-30-22(27)21-23(31-25)32(15-18-10-8-7-9-11-18)26(36)33(21)20(34)14-29-19(13-16(2)3)24(35)38-17(4)5/h7-11,16-17,19,28-29H,6,12-15H2,1-5H3,(H2,27,30,31)/t19-,39?/m0/s1. The van der Waals surface area contributed by atoms with Crippen molar-refractivity contribution in [2.75, 3.05) is 18.0 Å². The number of hydrogen-bond acceptors (Lipinski definition) is 10.